The number of phenols is 3. The summed E-state index contributed by atoms with van der Waals surface area (Å²) in [7, 11) is 0. The highest BCUT2D eigenvalue weighted by Crippen LogP contribution is 2.33. The van der Waals surface area contributed by atoms with Gasteiger partial charge >= 0.3 is 5.97 Å². The minimum absolute atomic E-state index is 0.0671. The van der Waals surface area contributed by atoms with Crippen molar-refractivity contribution in [3.05, 3.63) is 185 Å². The van der Waals surface area contributed by atoms with E-state index in [0.29, 0.717) is 12.0 Å². The number of phenolic OH excluding ortho intramolecular Hbond substituents is 2. The first-order chi connectivity index (χ1) is 26.3. The maximum atomic E-state index is 10.3. The quantitative estimate of drug-likeness (QED) is 0.0475. The summed E-state index contributed by atoms with van der Waals surface area (Å²) in [5.41, 5.74) is 18.4. The molecule has 0 spiro atoms. The second-order valence-corrected chi connectivity index (χ2v) is 13.3. The van der Waals surface area contributed by atoms with Crippen LogP contribution in [0, 0.1) is 0 Å². The van der Waals surface area contributed by atoms with Gasteiger partial charge in [0.15, 0.2) is 0 Å². The normalized spacial score (nSPS) is 12.4. The van der Waals surface area contributed by atoms with Crippen molar-refractivity contribution < 1.29 is 35.1 Å². The molecule has 1 fully saturated rings. The molecule has 1 saturated heterocycles. The Bertz CT molecular complexity index is 1890. The summed E-state index contributed by atoms with van der Waals surface area (Å²) in [4.78, 5) is 10.3. The van der Waals surface area contributed by atoms with E-state index in [2.05, 4.69) is 13.8 Å². The van der Waals surface area contributed by atoms with E-state index in [1.165, 1.54) is 23.3 Å². The number of aromatic carboxylic acids is 1. The number of carbonyl (C=O) groups is 1. The highest BCUT2D eigenvalue weighted by Gasteiger charge is 2.23. The van der Waals surface area contributed by atoms with Crippen LogP contribution < -0.4 is 11.5 Å². The van der Waals surface area contributed by atoms with Gasteiger partial charge in [-0.05, 0) is 94.9 Å². The van der Waals surface area contributed by atoms with Crippen LogP contribution in [0.15, 0.2) is 152 Å². The zero-order valence-electron chi connectivity index (χ0n) is 30.9. The van der Waals surface area contributed by atoms with E-state index < -0.39 is 5.97 Å². The van der Waals surface area contributed by atoms with Gasteiger partial charge in [0.1, 0.15) is 22.8 Å². The maximum Gasteiger partial charge on any atom is 0.339 e. The monoisotopic (exact) mass is 764 g/mol. The third kappa shape index (κ3) is 15.9. The average Bonchev–Trinajstić information content (AvgIpc) is 4.04. The fourth-order valence-electron chi connectivity index (χ4n) is 4.82. The Labute approximate surface area is 327 Å². The zero-order chi connectivity index (χ0) is 40.2. The number of aliphatic hydroxyl groups is 1. The maximum absolute atomic E-state index is 10.3. The van der Waals surface area contributed by atoms with Crippen molar-refractivity contribution in [3.63, 3.8) is 0 Å². The third-order valence-corrected chi connectivity index (χ3v) is 8.62. The molecule has 0 radical (unpaired) electrons. The summed E-state index contributed by atoms with van der Waals surface area (Å²) in [6.07, 6.45) is 1.32. The summed E-state index contributed by atoms with van der Waals surface area (Å²) in [5.74, 6) is -0.0985. The number of nitrogens with two attached hydrogens (primary N) is 2. The molecule has 0 amide bonds. The minimum atomic E-state index is -1.11. The van der Waals surface area contributed by atoms with Crippen LogP contribution in [0.1, 0.15) is 52.0 Å². The second-order valence-electron chi connectivity index (χ2n) is 13.0. The van der Waals surface area contributed by atoms with Crippen molar-refractivity contribution >= 4 is 28.9 Å². The number of benzene rings is 6. The lowest BCUT2D eigenvalue weighted by molar-refractivity contribution is 0.0693. The summed E-state index contributed by atoms with van der Waals surface area (Å²) < 4.78 is 4.73. The number of carboxylic acid groups (broad SMARTS) is 1. The van der Waals surface area contributed by atoms with E-state index in [9.17, 15) is 15.0 Å². The first-order valence-corrected chi connectivity index (χ1v) is 18.0. The predicted octanol–water partition coefficient (Wildman–Crippen LogP) is 8.76. The fraction of sp³-hybridized carbons (Fsp3) is 0.178. The molecule has 0 bridgehead atoms. The summed E-state index contributed by atoms with van der Waals surface area (Å²) in [6, 6.07) is 45.7. The van der Waals surface area contributed by atoms with E-state index in [1.807, 2.05) is 103 Å². The highest BCUT2D eigenvalue weighted by atomic mass is 35.5. The Morgan fingerprint density at radius 3 is 1.38 bits per heavy atom. The highest BCUT2D eigenvalue weighted by molar-refractivity contribution is 6.18. The Morgan fingerprint density at radius 2 is 1.07 bits per heavy atom. The van der Waals surface area contributed by atoms with Crippen LogP contribution in [0.4, 0.5) is 11.4 Å². The van der Waals surface area contributed by atoms with Crippen LogP contribution in [-0.4, -0.2) is 50.1 Å². The van der Waals surface area contributed by atoms with E-state index in [1.54, 1.807) is 36.4 Å². The van der Waals surface area contributed by atoms with Gasteiger partial charge in [-0.2, -0.15) is 0 Å². The lowest BCUT2D eigenvalue weighted by atomic mass is 9.78. The number of hydrogen-bond donors (Lipinski definition) is 7. The number of rotatable bonds is 7. The molecule has 1 atom stereocenters. The number of carboxylic acids is 1. The molecule has 6 aromatic rings. The first kappa shape index (κ1) is 43.4. The van der Waals surface area contributed by atoms with E-state index in [-0.39, 0.29) is 34.8 Å². The minimum Gasteiger partial charge on any atom is -0.508 e. The Balaban J connectivity index is 0.000000195. The number of epoxide rings is 1. The van der Waals surface area contributed by atoms with E-state index in [0.717, 1.165) is 41.1 Å². The molecule has 9 N–H and O–H groups in total. The SMILES string of the molecule is CC(C)(c1ccc(O)cc1)c1ccc(O)cc1.ClCC1CO1.Nc1ccc(Cc2ccc(N)cc2)cc1.O=C(O)c1ccccc1O.OCc1ccccc1. The Kier molecular flexibility index (Phi) is 17.6. The molecule has 0 saturated carbocycles. The molecule has 6 aromatic carbocycles. The predicted molar refractivity (Wildman–Crippen MR) is 221 cm³/mol. The summed E-state index contributed by atoms with van der Waals surface area (Å²) >= 11 is 5.27. The lowest BCUT2D eigenvalue weighted by Crippen LogP contribution is -2.18. The Hall–Kier alpha value is -6.00. The lowest BCUT2D eigenvalue weighted by Gasteiger charge is -2.26. The van der Waals surface area contributed by atoms with Gasteiger partial charge in [0.25, 0.3) is 0 Å². The van der Waals surface area contributed by atoms with Crippen molar-refractivity contribution in [2.75, 3.05) is 24.0 Å². The van der Waals surface area contributed by atoms with Crippen molar-refractivity contribution in [2.24, 2.45) is 0 Å². The molecular weight excluding hydrogens is 716 g/mol. The molecule has 10 heteroatoms. The topological polar surface area (TPSA) is 183 Å². The molecule has 0 aliphatic carbocycles. The van der Waals surface area contributed by atoms with Crippen LogP contribution in [0.2, 0.25) is 0 Å². The molecule has 1 heterocycles. The number of aliphatic hydroxyl groups excluding tert-OH is 1. The van der Waals surface area contributed by atoms with E-state index >= 15 is 0 Å². The smallest absolute Gasteiger partial charge is 0.339 e. The third-order valence-electron chi connectivity index (χ3n) is 8.28. The van der Waals surface area contributed by atoms with Gasteiger partial charge in [-0.1, -0.05) is 105 Å². The van der Waals surface area contributed by atoms with Gasteiger partial charge in [-0.25, -0.2) is 4.79 Å². The van der Waals surface area contributed by atoms with Gasteiger partial charge in [-0.3, -0.25) is 0 Å². The van der Waals surface area contributed by atoms with Crippen molar-refractivity contribution in [3.8, 4) is 17.2 Å². The van der Waals surface area contributed by atoms with Crippen LogP contribution in [-0.2, 0) is 23.2 Å². The number of ether oxygens (including phenoxy) is 1. The van der Waals surface area contributed by atoms with Gasteiger partial charge in [0, 0.05) is 16.8 Å². The van der Waals surface area contributed by atoms with Gasteiger partial charge in [0.05, 0.1) is 25.2 Å². The molecular formula is C45H49ClN2O7. The number of halogens is 1. The van der Waals surface area contributed by atoms with Crippen LogP contribution in [0.25, 0.3) is 0 Å². The van der Waals surface area contributed by atoms with Gasteiger partial charge in [0.2, 0.25) is 0 Å². The van der Waals surface area contributed by atoms with Crippen LogP contribution in [0.5, 0.6) is 17.2 Å². The molecule has 0 aromatic heterocycles. The number of para-hydroxylation sites is 1. The number of anilines is 2. The first-order valence-electron chi connectivity index (χ1n) is 17.4. The van der Waals surface area contributed by atoms with Crippen LogP contribution in [0.3, 0.4) is 0 Å². The number of nitrogen functional groups attached to an aromatic ring is 2. The van der Waals surface area contributed by atoms with Crippen molar-refractivity contribution in [1.29, 1.82) is 0 Å². The molecule has 288 valence electrons. The van der Waals surface area contributed by atoms with Gasteiger partial charge < -0.3 is 41.7 Å². The van der Waals surface area contributed by atoms with E-state index in [4.69, 9.17) is 43.1 Å². The molecule has 1 unspecified atom stereocenters. The largest absolute Gasteiger partial charge is 0.508 e. The number of hydrogen-bond acceptors (Lipinski definition) is 8. The second kappa shape index (κ2) is 22.3. The molecule has 9 nitrogen and oxygen atoms in total. The van der Waals surface area contributed by atoms with Crippen LogP contribution >= 0.6 is 11.6 Å². The average molecular weight is 765 g/mol. The molecule has 1 aliphatic heterocycles. The Morgan fingerprint density at radius 1 is 0.655 bits per heavy atom. The molecule has 1 aliphatic rings. The standard InChI is InChI=1S/C15H16O2.C13H14N2.C7H6O3.C7H8O.C3H5ClO/c1-15(2,11-3-7-13(16)8-4-11)12-5-9-14(17)10-6-12;14-12-5-1-10(2-6-12)9-11-3-7-13(15)8-4-11;8-6-4-2-1-3-5(6)7(9)10;8-6-7-4-2-1-3-5-7;4-1-3-2-5-3/h3-10,16-17H,1-2H3;1-8H,9,14-15H2;1-4,8H,(H,9,10);1-5,8H,6H2;3H,1-2H2. The van der Waals surface area contributed by atoms with Gasteiger partial charge in [-0.15, -0.1) is 11.6 Å². The number of aromatic hydroxyl groups is 3. The molecule has 55 heavy (non-hydrogen) atoms. The summed E-state index contributed by atoms with van der Waals surface area (Å²) in [5, 5.41) is 44.4. The van der Waals surface area contributed by atoms with Crippen molar-refractivity contribution in [2.45, 2.75) is 38.4 Å². The zero-order valence-corrected chi connectivity index (χ0v) is 31.7. The summed E-state index contributed by atoms with van der Waals surface area (Å²) in [6.45, 7) is 5.25. The number of alkyl halides is 1. The fourth-order valence-corrected chi connectivity index (χ4v) is 5.00. The molecule has 7 rings (SSSR count). The van der Waals surface area contributed by atoms with Crippen molar-refractivity contribution in [1.82, 2.24) is 0 Å².